The summed E-state index contributed by atoms with van der Waals surface area (Å²) in [6, 6.07) is 19.1. The minimum atomic E-state index is -0.234. The summed E-state index contributed by atoms with van der Waals surface area (Å²) in [4.78, 5) is 0. The maximum absolute atomic E-state index is 13.8. The predicted molar refractivity (Wildman–Crippen MR) is 101 cm³/mol. The summed E-state index contributed by atoms with van der Waals surface area (Å²) in [5.74, 6) is 1.15. The van der Waals surface area contributed by atoms with Gasteiger partial charge in [-0.25, -0.2) is 4.39 Å². The zero-order valence-corrected chi connectivity index (χ0v) is 14.8. The third-order valence-electron chi connectivity index (χ3n) is 4.19. The van der Waals surface area contributed by atoms with Crippen LogP contribution in [-0.4, -0.2) is 6.54 Å². The Morgan fingerprint density at radius 1 is 0.960 bits per heavy atom. The Morgan fingerprint density at radius 2 is 1.72 bits per heavy atom. The van der Waals surface area contributed by atoms with Gasteiger partial charge in [0.15, 0.2) is 0 Å². The van der Waals surface area contributed by atoms with E-state index in [9.17, 15) is 4.39 Å². The highest BCUT2D eigenvalue weighted by Crippen LogP contribution is 2.29. The molecule has 0 saturated heterocycles. The van der Waals surface area contributed by atoms with Gasteiger partial charge in [0.25, 0.3) is 0 Å². The molecule has 0 amide bonds. The summed E-state index contributed by atoms with van der Waals surface area (Å²) in [5, 5.41) is 5.84. The van der Waals surface area contributed by atoms with Gasteiger partial charge in [-0.1, -0.05) is 62.4 Å². The molecule has 0 radical (unpaired) electrons. The highest BCUT2D eigenvalue weighted by atomic mass is 19.1. The molecule has 0 heterocycles. The minimum Gasteiger partial charge on any atom is -0.488 e. The first kappa shape index (κ1) is 17.4. The predicted octanol–water partition coefficient (Wildman–Crippen LogP) is 5.30. The summed E-state index contributed by atoms with van der Waals surface area (Å²) < 4.78 is 19.8. The molecule has 0 aliphatic heterocycles. The first-order valence-corrected chi connectivity index (χ1v) is 8.72. The number of hydrogen-bond donors (Lipinski definition) is 1. The Balaban J connectivity index is 1.86. The molecule has 130 valence electrons. The van der Waals surface area contributed by atoms with Crippen LogP contribution >= 0.6 is 0 Å². The molecule has 3 rings (SSSR count). The fraction of sp³-hybridized carbons (Fsp3) is 0.273. The second-order valence-corrected chi connectivity index (χ2v) is 6.67. The Morgan fingerprint density at radius 3 is 2.52 bits per heavy atom. The van der Waals surface area contributed by atoms with Crippen LogP contribution in [0.5, 0.6) is 5.75 Å². The monoisotopic (exact) mass is 337 g/mol. The molecular formula is C22H24FNO. The highest BCUT2D eigenvalue weighted by molar-refractivity contribution is 5.87. The molecule has 0 aliphatic rings. The van der Waals surface area contributed by atoms with Gasteiger partial charge in [0.2, 0.25) is 0 Å². The summed E-state index contributed by atoms with van der Waals surface area (Å²) in [7, 11) is 0. The quantitative estimate of drug-likeness (QED) is 0.631. The van der Waals surface area contributed by atoms with Crippen LogP contribution in [0.3, 0.4) is 0 Å². The molecular weight excluding hydrogens is 313 g/mol. The summed E-state index contributed by atoms with van der Waals surface area (Å²) in [5.41, 5.74) is 1.69. The third kappa shape index (κ3) is 4.37. The van der Waals surface area contributed by atoms with Gasteiger partial charge in [0.05, 0.1) is 0 Å². The molecule has 3 aromatic rings. The SMILES string of the molecule is CC(C)CNCc1c(OCc2ccccc2F)ccc2ccccc12. The number of hydrogen-bond acceptors (Lipinski definition) is 2. The van der Waals surface area contributed by atoms with Crippen LogP contribution in [0.15, 0.2) is 60.7 Å². The van der Waals surface area contributed by atoms with Gasteiger partial charge in [-0.3, -0.25) is 0 Å². The Labute approximate surface area is 148 Å². The van der Waals surface area contributed by atoms with Gasteiger partial charge in [-0.15, -0.1) is 0 Å². The number of nitrogens with one attached hydrogen (secondary N) is 1. The van der Waals surface area contributed by atoms with Crippen molar-refractivity contribution in [1.82, 2.24) is 5.32 Å². The maximum Gasteiger partial charge on any atom is 0.129 e. The van der Waals surface area contributed by atoms with E-state index in [0.717, 1.165) is 24.4 Å². The molecule has 25 heavy (non-hydrogen) atoms. The van der Waals surface area contributed by atoms with E-state index in [2.05, 4.69) is 37.4 Å². The average molecular weight is 337 g/mol. The molecule has 0 atom stereocenters. The van der Waals surface area contributed by atoms with Crippen LogP contribution in [0.2, 0.25) is 0 Å². The lowest BCUT2D eigenvalue weighted by Crippen LogP contribution is -2.19. The van der Waals surface area contributed by atoms with E-state index in [4.69, 9.17) is 4.74 Å². The first-order valence-electron chi connectivity index (χ1n) is 8.72. The topological polar surface area (TPSA) is 21.3 Å². The van der Waals surface area contributed by atoms with E-state index >= 15 is 0 Å². The Bertz CT molecular complexity index is 844. The van der Waals surface area contributed by atoms with Crippen molar-refractivity contribution in [3.63, 3.8) is 0 Å². The van der Waals surface area contributed by atoms with Crippen LogP contribution in [0.1, 0.15) is 25.0 Å². The van der Waals surface area contributed by atoms with Crippen LogP contribution in [-0.2, 0) is 13.2 Å². The Hall–Kier alpha value is -2.39. The van der Waals surface area contributed by atoms with E-state index in [1.165, 1.54) is 16.8 Å². The average Bonchev–Trinajstić information content (AvgIpc) is 2.61. The lowest BCUT2D eigenvalue weighted by molar-refractivity contribution is 0.296. The van der Waals surface area contributed by atoms with Crippen molar-refractivity contribution in [3.8, 4) is 5.75 Å². The molecule has 3 aromatic carbocycles. The molecule has 0 aliphatic carbocycles. The van der Waals surface area contributed by atoms with Crippen LogP contribution in [0.4, 0.5) is 4.39 Å². The molecule has 0 aromatic heterocycles. The molecule has 3 heteroatoms. The largest absolute Gasteiger partial charge is 0.488 e. The number of benzene rings is 3. The van der Waals surface area contributed by atoms with Crippen molar-refractivity contribution in [3.05, 3.63) is 77.6 Å². The number of ether oxygens (including phenoxy) is 1. The van der Waals surface area contributed by atoms with E-state index < -0.39 is 0 Å². The molecule has 0 unspecified atom stereocenters. The van der Waals surface area contributed by atoms with Gasteiger partial charge in [-0.05, 0) is 35.4 Å². The molecule has 2 nitrogen and oxygen atoms in total. The van der Waals surface area contributed by atoms with Gasteiger partial charge in [0.1, 0.15) is 18.2 Å². The van der Waals surface area contributed by atoms with Gasteiger partial charge >= 0.3 is 0 Å². The van der Waals surface area contributed by atoms with E-state index in [-0.39, 0.29) is 12.4 Å². The minimum absolute atomic E-state index is 0.224. The summed E-state index contributed by atoms with van der Waals surface area (Å²) in [6.07, 6.45) is 0. The van der Waals surface area contributed by atoms with Crippen molar-refractivity contribution in [2.45, 2.75) is 27.0 Å². The molecule has 0 bridgehead atoms. The third-order valence-corrected chi connectivity index (χ3v) is 4.19. The standard InChI is InChI=1S/C22H24FNO/c1-16(2)13-24-14-20-19-9-5-3-7-17(19)11-12-22(20)25-15-18-8-4-6-10-21(18)23/h3-12,16,24H,13-15H2,1-2H3. The fourth-order valence-electron chi connectivity index (χ4n) is 2.89. The van der Waals surface area contributed by atoms with Crippen molar-refractivity contribution in [2.24, 2.45) is 5.92 Å². The van der Waals surface area contributed by atoms with Crippen molar-refractivity contribution in [2.75, 3.05) is 6.54 Å². The smallest absolute Gasteiger partial charge is 0.129 e. The van der Waals surface area contributed by atoms with Crippen LogP contribution in [0, 0.1) is 11.7 Å². The Kier molecular flexibility index (Phi) is 5.67. The van der Waals surface area contributed by atoms with E-state index in [1.807, 2.05) is 24.3 Å². The maximum atomic E-state index is 13.8. The lowest BCUT2D eigenvalue weighted by atomic mass is 10.0. The van der Waals surface area contributed by atoms with Crippen LogP contribution in [0.25, 0.3) is 10.8 Å². The molecule has 0 fully saturated rings. The van der Waals surface area contributed by atoms with E-state index in [1.54, 1.807) is 12.1 Å². The fourth-order valence-corrected chi connectivity index (χ4v) is 2.89. The van der Waals surface area contributed by atoms with Crippen molar-refractivity contribution < 1.29 is 9.13 Å². The van der Waals surface area contributed by atoms with Gasteiger partial charge < -0.3 is 10.1 Å². The van der Waals surface area contributed by atoms with E-state index in [0.29, 0.717) is 11.5 Å². The van der Waals surface area contributed by atoms with Crippen LogP contribution < -0.4 is 10.1 Å². The molecule has 1 N–H and O–H groups in total. The van der Waals surface area contributed by atoms with Crippen molar-refractivity contribution >= 4 is 10.8 Å². The number of rotatable bonds is 7. The van der Waals surface area contributed by atoms with Gasteiger partial charge in [-0.2, -0.15) is 0 Å². The second-order valence-electron chi connectivity index (χ2n) is 6.67. The highest BCUT2D eigenvalue weighted by Gasteiger charge is 2.10. The summed E-state index contributed by atoms with van der Waals surface area (Å²) in [6.45, 7) is 6.27. The molecule has 0 saturated carbocycles. The normalized spacial score (nSPS) is 11.2. The number of halogens is 1. The second kappa shape index (κ2) is 8.13. The van der Waals surface area contributed by atoms with Gasteiger partial charge in [0, 0.05) is 17.7 Å². The summed E-state index contributed by atoms with van der Waals surface area (Å²) >= 11 is 0. The van der Waals surface area contributed by atoms with Crippen molar-refractivity contribution in [1.29, 1.82) is 0 Å². The zero-order valence-electron chi connectivity index (χ0n) is 14.8. The first-order chi connectivity index (χ1) is 12.1. The zero-order chi connectivity index (χ0) is 17.6. The lowest BCUT2D eigenvalue weighted by Gasteiger charge is -2.16. The molecule has 0 spiro atoms. The number of fused-ring (bicyclic) bond motifs is 1.